The lowest BCUT2D eigenvalue weighted by atomic mass is 10.1. The van der Waals surface area contributed by atoms with Crippen LogP contribution in [-0.2, 0) is 11.8 Å². The average molecular weight is 345 g/mol. The maximum absolute atomic E-state index is 11.7. The first-order valence-corrected chi connectivity index (χ1v) is 8.24. The molecule has 2 aromatic rings. The van der Waals surface area contributed by atoms with Crippen molar-refractivity contribution in [2.75, 3.05) is 37.5 Å². The van der Waals surface area contributed by atoms with E-state index in [0.29, 0.717) is 11.4 Å². The first-order valence-electron chi connectivity index (χ1n) is 8.24. The minimum Gasteiger partial charge on any atom is -0.480 e. The molecular formula is C17H23N5O3. The Morgan fingerprint density at radius 2 is 2.20 bits per heavy atom. The van der Waals surface area contributed by atoms with Gasteiger partial charge in [-0.05, 0) is 25.0 Å². The lowest BCUT2D eigenvalue weighted by Gasteiger charge is -2.34. The number of nitrogens with zero attached hydrogens (tertiary/aromatic N) is 4. The number of anilines is 2. The second-order valence-electron chi connectivity index (χ2n) is 6.05. The van der Waals surface area contributed by atoms with Crippen molar-refractivity contribution < 1.29 is 14.3 Å². The summed E-state index contributed by atoms with van der Waals surface area (Å²) in [7, 11) is 4.74. The van der Waals surface area contributed by atoms with Gasteiger partial charge in [-0.3, -0.25) is 4.68 Å². The molecule has 0 radical (unpaired) electrons. The number of carbonyl (C=O) groups is 1. The zero-order chi connectivity index (χ0) is 17.8. The summed E-state index contributed by atoms with van der Waals surface area (Å²) >= 11 is 0. The van der Waals surface area contributed by atoms with Gasteiger partial charge in [-0.15, -0.1) is 0 Å². The molecule has 0 aromatic carbocycles. The fraction of sp³-hybridized carbons (Fsp3) is 0.471. The number of hydrogen-bond donors (Lipinski definition) is 1. The molecule has 1 unspecified atom stereocenters. The average Bonchev–Trinajstić information content (AvgIpc) is 3.07. The number of methoxy groups -OCH3 is 2. The van der Waals surface area contributed by atoms with E-state index in [0.717, 1.165) is 31.6 Å². The van der Waals surface area contributed by atoms with Crippen LogP contribution in [0.4, 0.5) is 11.5 Å². The third kappa shape index (κ3) is 3.84. The predicted molar refractivity (Wildman–Crippen MR) is 94.2 cm³/mol. The quantitative estimate of drug-likeness (QED) is 0.826. The van der Waals surface area contributed by atoms with Crippen molar-refractivity contribution in [2.24, 2.45) is 7.05 Å². The number of aromatic nitrogens is 3. The van der Waals surface area contributed by atoms with Gasteiger partial charge in [-0.2, -0.15) is 10.1 Å². The Bertz CT molecular complexity index is 746. The van der Waals surface area contributed by atoms with Crippen molar-refractivity contribution in [1.82, 2.24) is 14.8 Å². The molecule has 0 spiro atoms. The Kier molecular flexibility index (Phi) is 5.06. The second-order valence-corrected chi connectivity index (χ2v) is 6.05. The first-order chi connectivity index (χ1) is 12.1. The molecule has 2 aromatic heterocycles. The first kappa shape index (κ1) is 17.1. The van der Waals surface area contributed by atoms with E-state index in [1.807, 2.05) is 24.1 Å². The highest BCUT2D eigenvalue weighted by molar-refractivity contribution is 5.92. The van der Waals surface area contributed by atoms with E-state index >= 15 is 0 Å². The molecule has 3 heterocycles. The number of esters is 1. The zero-order valence-corrected chi connectivity index (χ0v) is 14.7. The van der Waals surface area contributed by atoms with Crippen LogP contribution in [0, 0.1) is 0 Å². The lowest BCUT2D eigenvalue weighted by Crippen LogP contribution is -2.42. The van der Waals surface area contributed by atoms with Crippen LogP contribution < -0.4 is 15.0 Å². The van der Waals surface area contributed by atoms with E-state index in [4.69, 9.17) is 9.47 Å². The molecule has 1 aliphatic rings. The third-order valence-electron chi connectivity index (χ3n) is 4.29. The van der Waals surface area contributed by atoms with Crippen LogP contribution in [0.2, 0.25) is 0 Å². The molecular weight excluding hydrogens is 322 g/mol. The minimum absolute atomic E-state index is 0.259. The van der Waals surface area contributed by atoms with E-state index in [-0.39, 0.29) is 11.9 Å². The number of pyridine rings is 1. The molecule has 1 saturated heterocycles. The predicted octanol–water partition coefficient (Wildman–Crippen LogP) is 1.69. The molecule has 134 valence electrons. The van der Waals surface area contributed by atoms with Gasteiger partial charge < -0.3 is 19.7 Å². The number of carbonyl (C=O) groups excluding carboxylic acids is 1. The Morgan fingerprint density at radius 1 is 1.36 bits per heavy atom. The maximum atomic E-state index is 11.7. The van der Waals surface area contributed by atoms with Gasteiger partial charge in [0.05, 0.1) is 26.1 Å². The Hall–Kier alpha value is -2.77. The van der Waals surface area contributed by atoms with Crippen molar-refractivity contribution in [1.29, 1.82) is 0 Å². The standard InChI is InChI=1S/C17H23N5O3/c1-21-11-13(9-18-21)22-8-4-5-12(10-22)19-15-7-6-14(17(23)25-3)16(20-15)24-2/h6-7,9,11-12H,4-5,8,10H2,1-3H3,(H,19,20). The van der Waals surface area contributed by atoms with Gasteiger partial charge in [0, 0.05) is 32.4 Å². The van der Waals surface area contributed by atoms with Crippen LogP contribution in [0.15, 0.2) is 24.5 Å². The molecule has 8 heteroatoms. The smallest absolute Gasteiger partial charge is 0.343 e. The molecule has 8 nitrogen and oxygen atoms in total. The van der Waals surface area contributed by atoms with Crippen LogP contribution >= 0.6 is 0 Å². The van der Waals surface area contributed by atoms with E-state index in [2.05, 4.69) is 20.3 Å². The van der Waals surface area contributed by atoms with Crippen molar-refractivity contribution in [3.63, 3.8) is 0 Å². The van der Waals surface area contributed by atoms with Crippen LogP contribution in [0.1, 0.15) is 23.2 Å². The Balaban J connectivity index is 1.70. The molecule has 0 bridgehead atoms. The van der Waals surface area contributed by atoms with Crippen molar-refractivity contribution in [3.8, 4) is 5.88 Å². The number of ether oxygens (including phenoxy) is 2. The maximum Gasteiger partial charge on any atom is 0.343 e. The molecule has 0 aliphatic carbocycles. The number of aryl methyl sites for hydroxylation is 1. The summed E-state index contributed by atoms with van der Waals surface area (Å²) in [4.78, 5) is 18.4. The number of piperidine rings is 1. The van der Waals surface area contributed by atoms with Crippen molar-refractivity contribution in [2.45, 2.75) is 18.9 Å². The lowest BCUT2D eigenvalue weighted by molar-refractivity contribution is 0.0596. The van der Waals surface area contributed by atoms with E-state index in [1.54, 1.807) is 12.1 Å². The normalized spacial score (nSPS) is 17.2. The monoisotopic (exact) mass is 345 g/mol. The van der Waals surface area contributed by atoms with Crippen LogP contribution in [0.3, 0.4) is 0 Å². The summed E-state index contributed by atoms with van der Waals surface area (Å²) in [6, 6.07) is 3.70. The minimum atomic E-state index is -0.462. The Labute approximate surface area is 146 Å². The second kappa shape index (κ2) is 7.42. The topological polar surface area (TPSA) is 81.5 Å². The summed E-state index contributed by atoms with van der Waals surface area (Å²) in [5.74, 6) is 0.482. The van der Waals surface area contributed by atoms with Gasteiger partial charge in [-0.25, -0.2) is 4.79 Å². The molecule has 1 atom stereocenters. The summed E-state index contributed by atoms with van der Waals surface area (Å²) in [5, 5.41) is 7.67. The van der Waals surface area contributed by atoms with Crippen LogP contribution in [0.25, 0.3) is 0 Å². The molecule has 3 rings (SSSR count). The number of hydrogen-bond acceptors (Lipinski definition) is 7. The highest BCUT2D eigenvalue weighted by Crippen LogP contribution is 2.23. The summed E-state index contributed by atoms with van der Waals surface area (Å²) < 4.78 is 11.8. The van der Waals surface area contributed by atoms with Gasteiger partial charge in [0.1, 0.15) is 11.4 Å². The van der Waals surface area contributed by atoms with Gasteiger partial charge in [0.2, 0.25) is 5.88 Å². The number of nitrogens with one attached hydrogen (secondary N) is 1. The summed E-state index contributed by atoms with van der Waals surface area (Å²) in [6.45, 7) is 1.89. The van der Waals surface area contributed by atoms with Gasteiger partial charge >= 0.3 is 5.97 Å². The molecule has 0 amide bonds. The van der Waals surface area contributed by atoms with Crippen LogP contribution in [0.5, 0.6) is 5.88 Å². The SMILES string of the molecule is COC(=O)c1ccc(NC2CCCN(c3cnn(C)c3)C2)nc1OC. The van der Waals surface area contributed by atoms with E-state index in [1.165, 1.54) is 14.2 Å². The van der Waals surface area contributed by atoms with Gasteiger partial charge in [-0.1, -0.05) is 0 Å². The van der Waals surface area contributed by atoms with E-state index < -0.39 is 5.97 Å². The highest BCUT2D eigenvalue weighted by Gasteiger charge is 2.22. The van der Waals surface area contributed by atoms with Crippen LogP contribution in [-0.4, -0.2) is 54.1 Å². The Morgan fingerprint density at radius 3 is 2.88 bits per heavy atom. The summed E-state index contributed by atoms with van der Waals surface area (Å²) in [6.07, 6.45) is 6.05. The zero-order valence-electron chi connectivity index (χ0n) is 14.7. The highest BCUT2D eigenvalue weighted by atomic mass is 16.5. The number of rotatable bonds is 5. The molecule has 1 N–H and O–H groups in total. The molecule has 1 aliphatic heterocycles. The largest absolute Gasteiger partial charge is 0.480 e. The fourth-order valence-electron chi connectivity index (χ4n) is 3.05. The van der Waals surface area contributed by atoms with E-state index in [9.17, 15) is 4.79 Å². The molecule has 25 heavy (non-hydrogen) atoms. The fourth-order valence-corrected chi connectivity index (χ4v) is 3.05. The van der Waals surface area contributed by atoms with Crippen molar-refractivity contribution in [3.05, 3.63) is 30.1 Å². The van der Waals surface area contributed by atoms with Gasteiger partial charge in [0.25, 0.3) is 0 Å². The molecule has 1 fully saturated rings. The molecule has 0 saturated carbocycles. The summed E-state index contributed by atoms with van der Waals surface area (Å²) in [5.41, 5.74) is 1.44. The van der Waals surface area contributed by atoms with Crippen molar-refractivity contribution >= 4 is 17.5 Å². The third-order valence-corrected chi connectivity index (χ3v) is 4.29. The van der Waals surface area contributed by atoms with Gasteiger partial charge in [0.15, 0.2) is 0 Å².